The normalized spacial score (nSPS) is 16.3. The number of hydrogen-bond donors (Lipinski definition) is 0. The minimum atomic E-state index is -0.308. The molecule has 26 heavy (non-hydrogen) atoms. The van der Waals surface area contributed by atoms with Gasteiger partial charge in [-0.25, -0.2) is 4.99 Å². The van der Waals surface area contributed by atoms with Crippen LogP contribution in [0.3, 0.4) is 0 Å². The van der Waals surface area contributed by atoms with E-state index in [1.54, 1.807) is 0 Å². The second-order valence-corrected chi connectivity index (χ2v) is 6.18. The van der Waals surface area contributed by atoms with Crippen molar-refractivity contribution in [2.24, 2.45) is 4.99 Å². The molecule has 0 aliphatic carbocycles. The summed E-state index contributed by atoms with van der Waals surface area (Å²) in [5, 5.41) is 0. The Kier molecular flexibility index (Phi) is 4.76. The van der Waals surface area contributed by atoms with Crippen LogP contribution in [0.25, 0.3) is 5.57 Å². The maximum Gasteiger partial charge on any atom is 0.168 e. The van der Waals surface area contributed by atoms with Crippen LogP contribution >= 0.6 is 0 Å². The molecule has 0 bridgehead atoms. The van der Waals surface area contributed by atoms with Gasteiger partial charge in [-0.1, -0.05) is 84.9 Å². The largest absolute Gasteiger partial charge is 0.353 e. The van der Waals surface area contributed by atoms with E-state index >= 15 is 0 Å². The average Bonchev–Trinajstić information content (AvgIpc) is 2.87. The fourth-order valence-corrected chi connectivity index (χ4v) is 3.34. The highest BCUT2D eigenvalue weighted by Gasteiger charge is 2.21. The summed E-state index contributed by atoms with van der Waals surface area (Å²) in [6.45, 7) is 2.62. The number of ether oxygens (including phenoxy) is 1. The SMILES string of the molecule is CCOC1C=C(c2ccccc2)c2ccccc2C(c2ccccc2)=N1. The molecule has 1 aliphatic rings. The van der Waals surface area contributed by atoms with Crippen LogP contribution in [0.1, 0.15) is 29.2 Å². The van der Waals surface area contributed by atoms with E-state index in [1.807, 2.05) is 31.2 Å². The molecule has 3 aromatic carbocycles. The Labute approximate surface area is 154 Å². The van der Waals surface area contributed by atoms with Crippen molar-refractivity contribution in [3.8, 4) is 0 Å². The van der Waals surface area contributed by atoms with Crippen molar-refractivity contribution < 1.29 is 4.74 Å². The Morgan fingerprint density at radius 1 is 0.731 bits per heavy atom. The summed E-state index contributed by atoms with van der Waals surface area (Å²) < 4.78 is 5.93. The highest BCUT2D eigenvalue weighted by molar-refractivity contribution is 6.16. The van der Waals surface area contributed by atoms with Crippen LogP contribution < -0.4 is 0 Å². The molecule has 3 aromatic rings. The molecule has 0 N–H and O–H groups in total. The molecule has 2 heteroatoms. The molecule has 0 saturated heterocycles. The monoisotopic (exact) mass is 339 g/mol. The number of fused-ring (bicyclic) bond motifs is 1. The predicted molar refractivity (Wildman–Crippen MR) is 107 cm³/mol. The van der Waals surface area contributed by atoms with E-state index < -0.39 is 0 Å². The first-order chi connectivity index (χ1) is 12.9. The maximum atomic E-state index is 5.93. The molecule has 0 saturated carbocycles. The first-order valence-corrected chi connectivity index (χ1v) is 8.98. The number of rotatable bonds is 4. The predicted octanol–water partition coefficient (Wildman–Crippen LogP) is 5.33. The summed E-state index contributed by atoms with van der Waals surface area (Å²) in [7, 11) is 0. The molecule has 1 unspecified atom stereocenters. The second kappa shape index (κ2) is 7.51. The van der Waals surface area contributed by atoms with E-state index in [2.05, 4.69) is 66.7 Å². The Bertz CT molecular complexity index is 866. The van der Waals surface area contributed by atoms with E-state index in [0.717, 1.165) is 22.4 Å². The van der Waals surface area contributed by atoms with Gasteiger partial charge in [0.25, 0.3) is 0 Å². The van der Waals surface area contributed by atoms with Crippen LogP contribution in [-0.2, 0) is 4.74 Å². The third-order valence-corrected chi connectivity index (χ3v) is 4.51. The van der Waals surface area contributed by atoms with E-state index in [4.69, 9.17) is 9.73 Å². The summed E-state index contributed by atoms with van der Waals surface area (Å²) in [6.07, 6.45) is 1.82. The molecule has 1 heterocycles. The fourth-order valence-electron chi connectivity index (χ4n) is 3.34. The summed E-state index contributed by atoms with van der Waals surface area (Å²) in [5.74, 6) is 0. The topological polar surface area (TPSA) is 21.6 Å². The third kappa shape index (κ3) is 3.24. The first kappa shape index (κ1) is 16.5. The van der Waals surface area contributed by atoms with E-state index in [0.29, 0.717) is 6.61 Å². The van der Waals surface area contributed by atoms with Crippen LogP contribution in [0.15, 0.2) is 96.0 Å². The van der Waals surface area contributed by atoms with Crippen LogP contribution in [0.4, 0.5) is 0 Å². The van der Waals surface area contributed by atoms with Gasteiger partial charge < -0.3 is 4.74 Å². The van der Waals surface area contributed by atoms with Crippen molar-refractivity contribution >= 4 is 11.3 Å². The number of hydrogen-bond acceptors (Lipinski definition) is 2. The molecule has 0 radical (unpaired) electrons. The van der Waals surface area contributed by atoms with Crippen LogP contribution in [0, 0.1) is 0 Å². The van der Waals surface area contributed by atoms with Gasteiger partial charge in [-0.15, -0.1) is 0 Å². The van der Waals surface area contributed by atoms with Crippen molar-refractivity contribution in [3.05, 3.63) is 113 Å². The van der Waals surface area contributed by atoms with Crippen molar-refractivity contribution in [3.63, 3.8) is 0 Å². The summed E-state index contributed by atoms with van der Waals surface area (Å²) in [5.41, 5.74) is 6.73. The summed E-state index contributed by atoms with van der Waals surface area (Å²) >= 11 is 0. The van der Waals surface area contributed by atoms with Crippen molar-refractivity contribution in [1.82, 2.24) is 0 Å². The highest BCUT2D eigenvalue weighted by atomic mass is 16.5. The fraction of sp³-hybridized carbons (Fsp3) is 0.125. The molecule has 128 valence electrons. The minimum Gasteiger partial charge on any atom is -0.353 e. The molecule has 0 aromatic heterocycles. The van der Waals surface area contributed by atoms with Crippen LogP contribution in [0.2, 0.25) is 0 Å². The Morgan fingerprint density at radius 2 is 1.31 bits per heavy atom. The van der Waals surface area contributed by atoms with Gasteiger partial charge in [0.15, 0.2) is 6.23 Å². The molecule has 1 aliphatic heterocycles. The van der Waals surface area contributed by atoms with Crippen LogP contribution in [0.5, 0.6) is 0 Å². The molecule has 0 fully saturated rings. The Balaban J connectivity index is 1.93. The molecule has 2 nitrogen and oxygen atoms in total. The van der Waals surface area contributed by atoms with E-state index in [1.165, 1.54) is 11.1 Å². The van der Waals surface area contributed by atoms with Gasteiger partial charge in [0.2, 0.25) is 0 Å². The molecule has 0 spiro atoms. The summed E-state index contributed by atoms with van der Waals surface area (Å²) in [4.78, 5) is 4.97. The van der Waals surface area contributed by atoms with E-state index in [9.17, 15) is 0 Å². The molecule has 0 amide bonds. The number of aliphatic imine (C=N–C) groups is 1. The molecular formula is C24H21NO. The molecule has 1 atom stereocenters. The van der Waals surface area contributed by atoms with Crippen LogP contribution in [-0.4, -0.2) is 18.5 Å². The third-order valence-electron chi connectivity index (χ3n) is 4.51. The highest BCUT2D eigenvalue weighted by Crippen LogP contribution is 2.31. The second-order valence-electron chi connectivity index (χ2n) is 6.18. The lowest BCUT2D eigenvalue weighted by Gasteiger charge is -2.13. The van der Waals surface area contributed by atoms with Gasteiger partial charge in [-0.3, -0.25) is 0 Å². The van der Waals surface area contributed by atoms with Gasteiger partial charge >= 0.3 is 0 Å². The van der Waals surface area contributed by atoms with Gasteiger partial charge in [0, 0.05) is 17.7 Å². The lowest BCUT2D eigenvalue weighted by atomic mass is 9.90. The lowest BCUT2D eigenvalue weighted by Crippen LogP contribution is -2.11. The first-order valence-electron chi connectivity index (χ1n) is 8.98. The summed E-state index contributed by atoms with van der Waals surface area (Å²) in [6, 6.07) is 29.2. The van der Waals surface area contributed by atoms with Gasteiger partial charge in [-0.05, 0) is 29.7 Å². The minimum absolute atomic E-state index is 0.308. The Hall–Kier alpha value is -2.97. The Morgan fingerprint density at radius 3 is 1.96 bits per heavy atom. The number of nitrogens with zero attached hydrogens (tertiary/aromatic N) is 1. The molecule has 4 rings (SSSR count). The van der Waals surface area contributed by atoms with Crippen molar-refractivity contribution in [2.75, 3.05) is 6.61 Å². The van der Waals surface area contributed by atoms with Gasteiger partial charge in [0.1, 0.15) is 0 Å². The van der Waals surface area contributed by atoms with Crippen molar-refractivity contribution in [2.45, 2.75) is 13.2 Å². The van der Waals surface area contributed by atoms with Gasteiger partial charge in [-0.2, -0.15) is 0 Å². The zero-order chi connectivity index (χ0) is 17.8. The lowest BCUT2D eigenvalue weighted by molar-refractivity contribution is 0.103. The van der Waals surface area contributed by atoms with Crippen molar-refractivity contribution in [1.29, 1.82) is 0 Å². The maximum absolute atomic E-state index is 5.93. The average molecular weight is 339 g/mol. The molecular weight excluding hydrogens is 318 g/mol. The van der Waals surface area contributed by atoms with E-state index in [-0.39, 0.29) is 6.23 Å². The number of benzene rings is 3. The smallest absolute Gasteiger partial charge is 0.168 e. The quantitative estimate of drug-likeness (QED) is 0.629. The van der Waals surface area contributed by atoms with Gasteiger partial charge in [0.05, 0.1) is 5.71 Å². The zero-order valence-electron chi connectivity index (χ0n) is 14.8. The standard InChI is InChI=1S/C24H21NO/c1-2-26-23-17-22(18-11-5-3-6-12-18)20-15-9-10-16-21(20)24(25-23)19-13-7-4-8-14-19/h3-17,23H,2H2,1H3. The zero-order valence-corrected chi connectivity index (χ0v) is 14.8.